The van der Waals surface area contributed by atoms with Gasteiger partial charge in [0.1, 0.15) is 6.04 Å². The molecule has 0 aromatic heterocycles. The number of carbonyl (C=O) groups excluding carboxylic acids is 1. The van der Waals surface area contributed by atoms with Crippen molar-refractivity contribution in [2.45, 2.75) is 26.8 Å². The summed E-state index contributed by atoms with van der Waals surface area (Å²) in [5.74, 6) is -0.938. The highest BCUT2D eigenvalue weighted by atomic mass is 32.2. The Morgan fingerprint density at radius 1 is 1.43 bits per heavy atom. The molecule has 0 unspecified atom stereocenters. The maximum Gasteiger partial charge on any atom is 0.326 e. The molecule has 0 heterocycles. The quantitative estimate of drug-likeness (QED) is 0.739. The Bertz CT molecular complexity index is 223. The van der Waals surface area contributed by atoms with Crippen molar-refractivity contribution in [2.24, 2.45) is 5.41 Å². The summed E-state index contributed by atoms with van der Waals surface area (Å²) in [4.78, 5) is 22.1. The monoisotopic (exact) mass is 219 g/mol. The molecule has 0 aromatic rings. The molecular weight excluding hydrogens is 202 g/mol. The van der Waals surface area contributed by atoms with Crippen molar-refractivity contribution in [3.8, 4) is 0 Å². The molecule has 0 spiro atoms. The number of hydrogen-bond acceptors (Lipinski definition) is 3. The number of aliphatic carboxylic acids is 1. The molecule has 5 heteroatoms. The van der Waals surface area contributed by atoms with Gasteiger partial charge in [0, 0.05) is 0 Å². The van der Waals surface area contributed by atoms with E-state index in [1.54, 1.807) is 27.0 Å². The maximum atomic E-state index is 11.2. The number of rotatable bonds is 4. The van der Waals surface area contributed by atoms with Crippen molar-refractivity contribution in [3.63, 3.8) is 0 Å². The minimum atomic E-state index is -0.994. The zero-order valence-electron chi connectivity index (χ0n) is 8.96. The van der Waals surface area contributed by atoms with E-state index in [1.165, 1.54) is 11.8 Å². The van der Waals surface area contributed by atoms with Crippen molar-refractivity contribution in [1.82, 2.24) is 5.32 Å². The van der Waals surface area contributed by atoms with Gasteiger partial charge in [-0.15, -0.1) is 0 Å². The van der Waals surface area contributed by atoms with Gasteiger partial charge in [-0.3, -0.25) is 4.79 Å². The second-order valence-corrected chi connectivity index (χ2v) is 5.00. The van der Waals surface area contributed by atoms with Gasteiger partial charge in [0.05, 0.1) is 5.75 Å². The molecule has 0 fully saturated rings. The zero-order valence-corrected chi connectivity index (χ0v) is 9.77. The Labute approximate surface area is 88.4 Å². The third kappa shape index (κ3) is 4.50. The van der Waals surface area contributed by atoms with Crippen LogP contribution in [0, 0.1) is 5.41 Å². The third-order valence-electron chi connectivity index (χ3n) is 1.69. The number of amides is 1. The van der Waals surface area contributed by atoms with Crippen molar-refractivity contribution in [1.29, 1.82) is 0 Å². The van der Waals surface area contributed by atoms with Crippen LogP contribution in [-0.4, -0.2) is 35.0 Å². The summed E-state index contributed by atoms with van der Waals surface area (Å²) in [7, 11) is 0. The van der Waals surface area contributed by atoms with Crippen molar-refractivity contribution in [2.75, 3.05) is 12.0 Å². The van der Waals surface area contributed by atoms with Gasteiger partial charge in [0.25, 0.3) is 0 Å². The molecule has 0 rings (SSSR count). The van der Waals surface area contributed by atoms with Crippen LogP contribution < -0.4 is 5.32 Å². The molecule has 2 N–H and O–H groups in total. The number of hydrogen-bond donors (Lipinski definition) is 2. The normalized spacial score (nSPS) is 13.4. The minimum absolute atomic E-state index is 0.236. The predicted octanol–water partition coefficient (Wildman–Crippen LogP) is 0.965. The summed E-state index contributed by atoms with van der Waals surface area (Å²) in [6, 6.07) is -0.831. The van der Waals surface area contributed by atoms with Crippen molar-refractivity contribution >= 4 is 23.6 Å². The zero-order chi connectivity index (χ0) is 11.4. The first-order chi connectivity index (χ1) is 6.29. The Kier molecular flexibility index (Phi) is 4.97. The van der Waals surface area contributed by atoms with E-state index in [2.05, 4.69) is 5.32 Å². The summed E-state index contributed by atoms with van der Waals surface area (Å²) < 4.78 is 0. The van der Waals surface area contributed by atoms with Crippen LogP contribution in [0.2, 0.25) is 0 Å². The number of carbonyl (C=O) groups is 2. The van der Waals surface area contributed by atoms with Crippen LogP contribution in [0.3, 0.4) is 0 Å². The van der Waals surface area contributed by atoms with Crippen LogP contribution in [-0.2, 0) is 9.59 Å². The van der Waals surface area contributed by atoms with Gasteiger partial charge in [-0.1, -0.05) is 20.8 Å². The smallest absolute Gasteiger partial charge is 0.326 e. The third-order valence-corrected chi connectivity index (χ3v) is 2.24. The minimum Gasteiger partial charge on any atom is -0.480 e. The maximum absolute atomic E-state index is 11.2. The van der Waals surface area contributed by atoms with Crippen LogP contribution >= 0.6 is 11.8 Å². The van der Waals surface area contributed by atoms with Crippen LogP contribution in [0.4, 0.5) is 0 Å². The Balaban J connectivity index is 4.40. The summed E-state index contributed by atoms with van der Waals surface area (Å²) in [6.45, 7) is 5.35. The number of carboxylic acid groups (broad SMARTS) is 1. The summed E-state index contributed by atoms with van der Waals surface area (Å²) in [6.07, 6.45) is 1.80. The molecule has 0 aliphatic heterocycles. The van der Waals surface area contributed by atoms with Gasteiger partial charge < -0.3 is 10.4 Å². The summed E-state index contributed by atoms with van der Waals surface area (Å²) in [5.41, 5.74) is -0.472. The Morgan fingerprint density at radius 2 is 1.93 bits per heavy atom. The lowest BCUT2D eigenvalue weighted by Gasteiger charge is -2.27. The lowest BCUT2D eigenvalue weighted by Crippen LogP contribution is -2.49. The highest BCUT2D eigenvalue weighted by Gasteiger charge is 2.32. The Hall–Kier alpha value is -0.710. The van der Waals surface area contributed by atoms with E-state index in [-0.39, 0.29) is 5.91 Å². The molecule has 1 atom stereocenters. The van der Waals surface area contributed by atoms with Crippen LogP contribution in [0.15, 0.2) is 0 Å². The second kappa shape index (κ2) is 5.24. The van der Waals surface area contributed by atoms with E-state index in [1.807, 2.05) is 0 Å². The van der Waals surface area contributed by atoms with Crippen LogP contribution in [0.1, 0.15) is 20.8 Å². The second-order valence-electron chi connectivity index (χ2n) is 4.14. The van der Waals surface area contributed by atoms with E-state index >= 15 is 0 Å². The lowest BCUT2D eigenvalue weighted by atomic mass is 9.87. The lowest BCUT2D eigenvalue weighted by molar-refractivity contribution is -0.144. The van der Waals surface area contributed by atoms with Gasteiger partial charge in [-0.2, -0.15) is 11.8 Å². The first-order valence-corrected chi connectivity index (χ1v) is 5.69. The molecule has 0 bridgehead atoms. The van der Waals surface area contributed by atoms with Crippen LogP contribution in [0.5, 0.6) is 0 Å². The molecule has 1 amide bonds. The molecule has 0 radical (unpaired) electrons. The highest BCUT2D eigenvalue weighted by molar-refractivity contribution is 7.99. The van der Waals surface area contributed by atoms with Gasteiger partial charge >= 0.3 is 5.97 Å². The van der Waals surface area contributed by atoms with Gasteiger partial charge in [-0.25, -0.2) is 4.79 Å². The van der Waals surface area contributed by atoms with E-state index < -0.39 is 17.4 Å². The fraction of sp³-hybridized carbons (Fsp3) is 0.778. The molecular formula is C9H17NO3S. The molecule has 82 valence electrons. The highest BCUT2D eigenvalue weighted by Crippen LogP contribution is 2.19. The standard InChI is InChI=1S/C9H17NO3S/c1-9(2,3)7(8(12)13)10-6(11)5-14-4/h7H,5H2,1-4H3,(H,10,11)(H,12,13)/t7-/m1/s1. The average Bonchev–Trinajstić information content (AvgIpc) is 1.98. The fourth-order valence-corrected chi connectivity index (χ4v) is 1.33. The first kappa shape index (κ1) is 13.3. The van der Waals surface area contributed by atoms with Crippen molar-refractivity contribution in [3.05, 3.63) is 0 Å². The molecule has 0 aliphatic carbocycles. The van der Waals surface area contributed by atoms with Gasteiger partial charge in [0.2, 0.25) is 5.91 Å². The predicted molar refractivity (Wildman–Crippen MR) is 57.4 cm³/mol. The molecule has 14 heavy (non-hydrogen) atoms. The summed E-state index contributed by atoms with van der Waals surface area (Å²) >= 11 is 1.37. The van der Waals surface area contributed by atoms with E-state index in [0.29, 0.717) is 5.75 Å². The molecule has 0 saturated heterocycles. The van der Waals surface area contributed by atoms with Crippen LogP contribution in [0.25, 0.3) is 0 Å². The molecule has 0 aliphatic rings. The number of carboxylic acids is 1. The van der Waals surface area contributed by atoms with E-state index in [4.69, 9.17) is 5.11 Å². The number of thioether (sulfide) groups is 1. The molecule has 0 saturated carbocycles. The topological polar surface area (TPSA) is 66.4 Å². The SMILES string of the molecule is CSCC(=O)N[C@H](C(=O)O)C(C)(C)C. The van der Waals surface area contributed by atoms with Crippen molar-refractivity contribution < 1.29 is 14.7 Å². The largest absolute Gasteiger partial charge is 0.480 e. The summed E-state index contributed by atoms with van der Waals surface area (Å²) in [5, 5.41) is 11.4. The molecule has 0 aromatic carbocycles. The van der Waals surface area contributed by atoms with E-state index in [9.17, 15) is 9.59 Å². The fourth-order valence-electron chi connectivity index (χ4n) is 0.982. The average molecular weight is 219 g/mol. The van der Waals surface area contributed by atoms with E-state index in [0.717, 1.165) is 0 Å². The van der Waals surface area contributed by atoms with Gasteiger partial charge in [0.15, 0.2) is 0 Å². The first-order valence-electron chi connectivity index (χ1n) is 4.30. The number of nitrogens with one attached hydrogen (secondary N) is 1. The van der Waals surface area contributed by atoms with Gasteiger partial charge in [-0.05, 0) is 11.7 Å². The molecule has 4 nitrogen and oxygen atoms in total. The Morgan fingerprint density at radius 3 is 2.21 bits per heavy atom.